The number of nitrogens with zero attached hydrogens (tertiary/aromatic N) is 4. The van der Waals surface area contributed by atoms with Gasteiger partial charge in [-0.25, -0.2) is 9.97 Å². The fourth-order valence-corrected chi connectivity index (χ4v) is 0.702. The molecule has 0 radical (unpaired) electrons. The number of aromatic nitrogens is 4. The largest absolute Gasteiger partial charge is 0.422 e. The van der Waals surface area contributed by atoms with Crippen LogP contribution in [0, 0.1) is 0 Å². The lowest BCUT2D eigenvalue weighted by Crippen LogP contribution is -1.83. The van der Waals surface area contributed by atoms with Crippen LogP contribution in [0.25, 0.3) is 11.6 Å². The van der Waals surface area contributed by atoms with E-state index >= 15 is 0 Å². The lowest BCUT2D eigenvalue weighted by atomic mass is 10.4. The number of rotatable bonds is 1. The third kappa shape index (κ3) is 1.07. The summed E-state index contributed by atoms with van der Waals surface area (Å²) in [6.45, 7) is 0. The highest BCUT2D eigenvalue weighted by Crippen LogP contribution is 2.09. The lowest BCUT2D eigenvalue weighted by molar-refractivity contribution is 0.566. The monoisotopic (exact) mass is 148 g/mol. The fourth-order valence-electron chi connectivity index (χ4n) is 0.702. The molecule has 2 heterocycles. The summed E-state index contributed by atoms with van der Waals surface area (Å²) in [6, 6.07) is 1.70. The average Bonchev–Trinajstić information content (AvgIpc) is 2.58. The molecule has 5 heteroatoms. The molecule has 2 aromatic rings. The van der Waals surface area contributed by atoms with Gasteiger partial charge in [-0.2, -0.15) is 0 Å². The molecule has 0 aliphatic heterocycles. The van der Waals surface area contributed by atoms with Gasteiger partial charge in [0.25, 0.3) is 5.89 Å². The highest BCUT2D eigenvalue weighted by atomic mass is 16.4. The normalized spacial score (nSPS) is 9.82. The van der Waals surface area contributed by atoms with Gasteiger partial charge in [-0.1, -0.05) is 0 Å². The molecule has 0 aliphatic carbocycles. The molecule has 0 bridgehead atoms. The van der Waals surface area contributed by atoms with Gasteiger partial charge in [-0.15, -0.1) is 10.2 Å². The van der Waals surface area contributed by atoms with E-state index in [2.05, 4.69) is 20.2 Å². The van der Waals surface area contributed by atoms with E-state index in [9.17, 15) is 0 Å². The minimum absolute atomic E-state index is 0.410. The Hall–Kier alpha value is -1.78. The average molecular weight is 148 g/mol. The Labute approximate surface area is 62.1 Å². The molecule has 2 rings (SSSR count). The summed E-state index contributed by atoms with van der Waals surface area (Å²) >= 11 is 0. The second-order valence-electron chi connectivity index (χ2n) is 1.84. The van der Waals surface area contributed by atoms with Crippen LogP contribution in [0.5, 0.6) is 0 Å². The molecule has 54 valence electrons. The van der Waals surface area contributed by atoms with Crippen molar-refractivity contribution in [1.29, 1.82) is 0 Å². The molecule has 0 atom stereocenters. The molecule has 2 aromatic heterocycles. The number of hydrogen-bond acceptors (Lipinski definition) is 5. The van der Waals surface area contributed by atoms with Crippen LogP contribution in [0.3, 0.4) is 0 Å². The molecule has 0 saturated carbocycles. The van der Waals surface area contributed by atoms with Crippen LogP contribution < -0.4 is 0 Å². The summed E-state index contributed by atoms with van der Waals surface area (Å²) in [4.78, 5) is 7.67. The molecule has 0 aliphatic rings. The quantitative estimate of drug-likeness (QED) is 0.590. The van der Waals surface area contributed by atoms with Crippen molar-refractivity contribution < 1.29 is 4.42 Å². The Morgan fingerprint density at radius 3 is 3.00 bits per heavy atom. The smallest absolute Gasteiger partial charge is 0.266 e. The number of hydrogen-bond donors (Lipinski definition) is 0. The van der Waals surface area contributed by atoms with Crippen molar-refractivity contribution in [3.05, 3.63) is 25.0 Å². The second-order valence-corrected chi connectivity index (χ2v) is 1.84. The van der Waals surface area contributed by atoms with Gasteiger partial charge in [0, 0.05) is 6.20 Å². The minimum atomic E-state index is 0.410. The van der Waals surface area contributed by atoms with E-state index < -0.39 is 0 Å². The predicted octanol–water partition coefficient (Wildman–Crippen LogP) is 0.527. The van der Waals surface area contributed by atoms with Gasteiger partial charge in [-0.05, 0) is 6.07 Å². The van der Waals surface area contributed by atoms with E-state index in [1.807, 2.05) is 0 Å². The predicted molar refractivity (Wildman–Crippen MR) is 35.3 cm³/mol. The maximum Gasteiger partial charge on any atom is 0.266 e. The topological polar surface area (TPSA) is 64.7 Å². The first-order chi connectivity index (χ1) is 5.47. The SMILES string of the molecule is c1cc(-c2nnco2)ncn1. The molecule has 0 fully saturated rings. The molecule has 0 amide bonds. The van der Waals surface area contributed by atoms with Gasteiger partial charge in [0.05, 0.1) is 0 Å². The first-order valence-corrected chi connectivity index (χ1v) is 2.99. The fraction of sp³-hybridized carbons (Fsp3) is 0. The first kappa shape index (κ1) is 5.96. The minimum Gasteiger partial charge on any atom is -0.422 e. The molecule has 0 unspecified atom stereocenters. The van der Waals surface area contributed by atoms with E-state index in [-0.39, 0.29) is 0 Å². The van der Waals surface area contributed by atoms with Crippen LogP contribution in [0.15, 0.2) is 29.4 Å². The molecule has 0 saturated heterocycles. The molecule has 11 heavy (non-hydrogen) atoms. The molecule has 0 N–H and O–H groups in total. The zero-order valence-corrected chi connectivity index (χ0v) is 5.51. The van der Waals surface area contributed by atoms with E-state index in [1.54, 1.807) is 12.3 Å². The van der Waals surface area contributed by atoms with Gasteiger partial charge in [-0.3, -0.25) is 0 Å². The van der Waals surface area contributed by atoms with E-state index in [0.29, 0.717) is 11.6 Å². The molecule has 5 nitrogen and oxygen atoms in total. The Balaban J connectivity index is 2.46. The van der Waals surface area contributed by atoms with Crippen molar-refractivity contribution in [3.63, 3.8) is 0 Å². The van der Waals surface area contributed by atoms with Crippen LogP contribution in [0.4, 0.5) is 0 Å². The van der Waals surface area contributed by atoms with Crippen molar-refractivity contribution in [1.82, 2.24) is 20.2 Å². The maximum atomic E-state index is 4.91. The van der Waals surface area contributed by atoms with E-state index in [4.69, 9.17) is 4.42 Å². The van der Waals surface area contributed by atoms with Crippen LogP contribution in [0.1, 0.15) is 0 Å². The van der Waals surface area contributed by atoms with Crippen molar-refractivity contribution in [2.24, 2.45) is 0 Å². The van der Waals surface area contributed by atoms with Crippen molar-refractivity contribution >= 4 is 0 Å². The zero-order valence-electron chi connectivity index (χ0n) is 5.51. The summed E-state index contributed by atoms with van der Waals surface area (Å²) in [5.74, 6) is 0.410. The van der Waals surface area contributed by atoms with Crippen LogP contribution in [0.2, 0.25) is 0 Å². The molecular weight excluding hydrogens is 144 g/mol. The van der Waals surface area contributed by atoms with Crippen LogP contribution in [-0.4, -0.2) is 20.2 Å². The Morgan fingerprint density at radius 2 is 2.36 bits per heavy atom. The van der Waals surface area contributed by atoms with E-state index in [0.717, 1.165) is 0 Å². The van der Waals surface area contributed by atoms with Crippen LogP contribution in [-0.2, 0) is 0 Å². The zero-order chi connectivity index (χ0) is 7.52. The molecule has 0 aromatic carbocycles. The maximum absolute atomic E-state index is 4.91. The Morgan fingerprint density at radius 1 is 1.36 bits per heavy atom. The van der Waals surface area contributed by atoms with E-state index in [1.165, 1.54) is 12.7 Å². The summed E-state index contributed by atoms with van der Waals surface area (Å²) in [5.41, 5.74) is 0.637. The first-order valence-electron chi connectivity index (χ1n) is 2.99. The third-order valence-corrected chi connectivity index (χ3v) is 1.16. The van der Waals surface area contributed by atoms with Crippen LogP contribution >= 0.6 is 0 Å². The van der Waals surface area contributed by atoms with Gasteiger partial charge in [0.2, 0.25) is 6.39 Å². The Bertz CT molecular complexity index is 318. The summed E-state index contributed by atoms with van der Waals surface area (Å²) < 4.78 is 4.91. The summed E-state index contributed by atoms with van der Waals surface area (Å²) in [7, 11) is 0. The molecular formula is C6H4N4O. The summed E-state index contributed by atoms with van der Waals surface area (Å²) in [5, 5.41) is 7.20. The van der Waals surface area contributed by atoms with Gasteiger partial charge in [0.1, 0.15) is 12.0 Å². The van der Waals surface area contributed by atoms with Gasteiger partial charge in [0.15, 0.2) is 0 Å². The molecule has 0 spiro atoms. The van der Waals surface area contributed by atoms with Gasteiger partial charge < -0.3 is 4.42 Å². The van der Waals surface area contributed by atoms with Gasteiger partial charge >= 0.3 is 0 Å². The Kier molecular flexibility index (Phi) is 1.33. The standard InChI is InChI=1S/C6H4N4O/c1-2-7-3-8-5(1)6-10-9-4-11-6/h1-4H. The lowest BCUT2D eigenvalue weighted by Gasteiger charge is -1.88. The highest BCUT2D eigenvalue weighted by Gasteiger charge is 2.01. The van der Waals surface area contributed by atoms with Crippen molar-refractivity contribution in [2.75, 3.05) is 0 Å². The third-order valence-electron chi connectivity index (χ3n) is 1.16. The van der Waals surface area contributed by atoms with Crippen molar-refractivity contribution in [3.8, 4) is 11.6 Å². The summed E-state index contributed by atoms with van der Waals surface area (Å²) in [6.07, 6.45) is 4.31. The van der Waals surface area contributed by atoms with Crippen molar-refractivity contribution in [2.45, 2.75) is 0 Å². The second kappa shape index (κ2) is 2.45. The highest BCUT2D eigenvalue weighted by molar-refractivity contribution is 5.43.